The lowest BCUT2D eigenvalue weighted by atomic mass is 9.86. The molecule has 34 heavy (non-hydrogen) atoms. The van der Waals surface area contributed by atoms with Gasteiger partial charge in [0.25, 0.3) is 5.91 Å². The van der Waals surface area contributed by atoms with Gasteiger partial charge < -0.3 is 25.0 Å². The number of carbonyl (C=O) groups excluding carboxylic acids is 1. The van der Waals surface area contributed by atoms with Gasteiger partial charge >= 0.3 is 0 Å². The van der Waals surface area contributed by atoms with Crippen molar-refractivity contribution >= 4 is 23.3 Å². The molecule has 2 saturated heterocycles. The summed E-state index contributed by atoms with van der Waals surface area (Å²) < 4.78 is 21.1. The van der Waals surface area contributed by atoms with Gasteiger partial charge in [0.15, 0.2) is 5.75 Å². The third-order valence-corrected chi connectivity index (χ3v) is 8.30. The van der Waals surface area contributed by atoms with Gasteiger partial charge in [-0.2, -0.15) is 0 Å². The Morgan fingerprint density at radius 3 is 2.82 bits per heavy atom. The maximum atomic E-state index is 14.9. The Bertz CT molecular complexity index is 1130. The molecule has 1 saturated carbocycles. The average Bonchev–Trinajstić information content (AvgIpc) is 3.44. The first-order valence-electron chi connectivity index (χ1n) is 12.1. The normalized spacial score (nSPS) is 23.6. The molecule has 9 heteroatoms. The molecule has 180 valence electrons. The number of carbonyl (C=O) groups is 1. The van der Waals surface area contributed by atoms with Crippen LogP contribution in [0.25, 0.3) is 11.3 Å². The molecule has 2 aromatic rings. The predicted octanol–water partition coefficient (Wildman–Crippen LogP) is 3.82. The number of anilines is 1. The summed E-state index contributed by atoms with van der Waals surface area (Å²) in [5.74, 6) is -0.327. The van der Waals surface area contributed by atoms with E-state index in [0.717, 1.165) is 19.5 Å². The highest BCUT2D eigenvalue weighted by Crippen LogP contribution is 2.50. The van der Waals surface area contributed by atoms with Crippen molar-refractivity contribution in [2.75, 3.05) is 44.2 Å². The summed E-state index contributed by atoms with van der Waals surface area (Å²) in [6, 6.07) is 3.98. The Morgan fingerprint density at radius 1 is 1.21 bits per heavy atom. The minimum atomic E-state index is -0.629. The lowest BCUT2D eigenvalue weighted by Crippen LogP contribution is -2.55. The van der Waals surface area contributed by atoms with Crippen molar-refractivity contribution in [3.05, 3.63) is 34.6 Å². The topological polar surface area (TPSA) is 77.9 Å². The van der Waals surface area contributed by atoms with E-state index < -0.39 is 5.82 Å². The summed E-state index contributed by atoms with van der Waals surface area (Å²) in [4.78, 5) is 22.6. The standard InChI is InChI=1S/C25H28ClFN4O3/c26-20-21(18-16(27)4-3-5-17(18)32)29-23(30-10-8-25(14-30)6-1-2-7-25)19-22(20)34-13-15-12-28-9-11-31(15)24(19)33/h3-5,15,28,32H,1-2,6-14H2. The fraction of sp³-hybridized carbons (Fsp3) is 0.520. The lowest BCUT2D eigenvalue weighted by Gasteiger charge is -2.34. The summed E-state index contributed by atoms with van der Waals surface area (Å²) in [6.07, 6.45) is 5.82. The molecule has 6 rings (SSSR count). The quantitative estimate of drug-likeness (QED) is 0.672. The first kappa shape index (κ1) is 21.9. The summed E-state index contributed by atoms with van der Waals surface area (Å²) >= 11 is 6.77. The second kappa shape index (κ2) is 8.27. The van der Waals surface area contributed by atoms with Gasteiger partial charge in [-0.15, -0.1) is 0 Å². The van der Waals surface area contributed by atoms with E-state index in [-0.39, 0.29) is 51.7 Å². The van der Waals surface area contributed by atoms with Crippen LogP contribution in [0.15, 0.2) is 18.2 Å². The number of amides is 1. The molecule has 1 amide bonds. The number of aromatic hydroxyl groups is 1. The second-order valence-electron chi connectivity index (χ2n) is 9.98. The van der Waals surface area contributed by atoms with Gasteiger partial charge in [0, 0.05) is 32.7 Å². The molecule has 2 N–H and O–H groups in total. The summed E-state index contributed by atoms with van der Waals surface area (Å²) in [6.45, 7) is 3.76. The number of nitrogens with one attached hydrogen (secondary N) is 1. The van der Waals surface area contributed by atoms with Crippen molar-refractivity contribution in [2.24, 2.45) is 5.41 Å². The molecule has 1 unspecified atom stereocenters. The van der Waals surface area contributed by atoms with E-state index in [1.165, 1.54) is 43.9 Å². The van der Waals surface area contributed by atoms with E-state index in [2.05, 4.69) is 10.2 Å². The minimum absolute atomic E-state index is 0.0510. The van der Waals surface area contributed by atoms with Crippen LogP contribution < -0.4 is 15.0 Å². The number of hydrogen-bond acceptors (Lipinski definition) is 6. The van der Waals surface area contributed by atoms with Crippen LogP contribution >= 0.6 is 11.6 Å². The smallest absolute Gasteiger partial charge is 0.261 e. The van der Waals surface area contributed by atoms with E-state index >= 15 is 0 Å². The first-order valence-corrected chi connectivity index (χ1v) is 12.5. The van der Waals surface area contributed by atoms with Crippen LogP contribution in [-0.2, 0) is 0 Å². The molecule has 0 radical (unpaired) electrons. The zero-order valence-electron chi connectivity index (χ0n) is 18.9. The monoisotopic (exact) mass is 486 g/mol. The number of benzene rings is 1. The second-order valence-corrected chi connectivity index (χ2v) is 10.4. The van der Waals surface area contributed by atoms with Gasteiger partial charge in [-0.05, 0) is 36.8 Å². The van der Waals surface area contributed by atoms with Crippen molar-refractivity contribution in [3.63, 3.8) is 0 Å². The van der Waals surface area contributed by atoms with Crippen molar-refractivity contribution in [3.8, 4) is 22.8 Å². The van der Waals surface area contributed by atoms with Gasteiger partial charge in [-0.3, -0.25) is 4.79 Å². The number of aromatic nitrogens is 1. The van der Waals surface area contributed by atoms with Gasteiger partial charge in [-0.1, -0.05) is 30.5 Å². The molecule has 0 bridgehead atoms. The Hall–Kier alpha value is -2.58. The Morgan fingerprint density at radius 2 is 2.03 bits per heavy atom. The first-order chi connectivity index (χ1) is 16.5. The SMILES string of the molecule is O=C1c2c(N3CCC4(CCCC4)C3)nc(-c3c(O)cccc3F)c(Cl)c2OCC2CNCCN12. The molecule has 3 fully saturated rings. The van der Waals surface area contributed by atoms with Crippen molar-refractivity contribution in [1.29, 1.82) is 0 Å². The van der Waals surface area contributed by atoms with Crippen LogP contribution in [-0.4, -0.2) is 66.3 Å². The fourth-order valence-corrected chi connectivity index (χ4v) is 6.43. The highest BCUT2D eigenvalue weighted by atomic mass is 35.5. The number of pyridine rings is 1. The summed E-state index contributed by atoms with van der Waals surface area (Å²) in [7, 11) is 0. The van der Waals surface area contributed by atoms with Crippen molar-refractivity contribution < 1.29 is 19.0 Å². The van der Waals surface area contributed by atoms with Gasteiger partial charge in [-0.25, -0.2) is 9.37 Å². The highest BCUT2D eigenvalue weighted by Gasteiger charge is 2.44. The predicted molar refractivity (Wildman–Crippen MR) is 127 cm³/mol. The zero-order valence-corrected chi connectivity index (χ0v) is 19.7. The molecular formula is C25H28ClFN4O3. The third-order valence-electron chi connectivity index (χ3n) is 7.95. The average molecular weight is 487 g/mol. The number of halogens is 2. The zero-order chi connectivity index (χ0) is 23.4. The van der Waals surface area contributed by atoms with E-state index in [1.807, 2.05) is 4.90 Å². The maximum Gasteiger partial charge on any atom is 0.261 e. The van der Waals surface area contributed by atoms with Crippen LogP contribution in [0.2, 0.25) is 5.02 Å². The molecule has 1 atom stereocenters. The number of nitrogens with zero attached hydrogens (tertiary/aromatic N) is 3. The van der Waals surface area contributed by atoms with Crippen LogP contribution in [0, 0.1) is 11.2 Å². The maximum absolute atomic E-state index is 14.9. The number of ether oxygens (including phenoxy) is 1. The van der Waals surface area contributed by atoms with Gasteiger partial charge in [0.05, 0.1) is 11.6 Å². The molecule has 1 aromatic heterocycles. The molecule has 1 spiro atoms. The summed E-state index contributed by atoms with van der Waals surface area (Å²) in [5, 5.41) is 13.9. The lowest BCUT2D eigenvalue weighted by molar-refractivity contribution is 0.0606. The molecule has 1 aromatic carbocycles. The van der Waals surface area contributed by atoms with E-state index in [4.69, 9.17) is 21.3 Å². The van der Waals surface area contributed by atoms with Crippen molar-refractivity contribution in [2.45, 2.75) is 38.1 Å². The number of piperazine rings is 1. The van der Waals surface area contributed by atoms with Gasteiger partial charge in [0.2, 0.25) is 0 Å². The van der Waals surface area contributed by atoms with E-state index in [0.29, 0.717) is 31.0 Å². The van der Waals surface area contributed by atoms with Crippen LogP contribution in [0.1, 0.15) is 42.5 Å². The number of rotatable bonds is 2. The Labute approximate surface area is 202 Å². The molecule has 7 nitrogen and oxygen atoms in total. The van der Waals surface area contributed by atoms with Crippen molar-refractivity contribution in [1.82, 2.24) is 15.2 Å². The number of fused-ring (bicyclic) bond motifs is 2. The summed E-state index contributed by atoms with van der Waals surface area (Å²) in [5.41, 5.74) is 0.611. The van der Waals surface area contributed by atoms with E-state index in [9.17, 15) is 14.3 Å². The van der Waals surface area contributed by atoms with E-state index in [1.54, 1.807) is 0 Å². The molecule has 4 aliphatic rings. The number of phenols is 1. The Kier molecular flexibility index (Phi) is 5.33. The highest BCUT2D eigenvalue weighted by molar-refractivity contribution is 6.35. The third kappa shape index (κ3) is 3.41. The van der Waals surface area contributed by atoms with Crippen LogP contribution in [0.3, 0.4) is 0 Å². The molecule has 3 aliphatic heterocycles. The Balaban J connectivity index is 1.54. The number of hydrogen-bond donors (Lipinski definition) is 2. The van der Waals surface area contributed by atoms with Crippen LogP contribution in [0.4, 0.5) is 10.2 Å². The fourth-order valence-electron chi connectivity index (χ4n) is 6.15. The van der Waals surface area contributed by atoms with Gasteiger partial charge in [0.1, 0.15) is 40.3 Å². The molecule has 1 aliphatic carbocycles. The number of phenolic OH excluding ortho intramolecular Hbond substituents is 1. The molecular weight excluding hydrogens is 459 g/mol. The van der Waals surface area contributed by atoms with Crippen LogP contribution in [0.5, 0.6) is 11.5 Å². The largest absolute Gasteiger partial charge is 0.507 e. The molecule has 4 heterocycles. The minimum Gasteiger partial charge on any atom is -0.507 e.